The lowest BCUT2D eigenvalue weighted by Gasteiger charge is -2.12. The highest BCUT2D eigenvalue weighted by atomic mass is 16.3. The van der Waals surface area contributed by atoms with Gasteiger partial charge in [0.15, 0.2) is 23.1 Å². The molecule has 0 atom stereocenters. The summed E-state index contributed by atoms with van der Waals surface area (Å²) in [5.74, 6) is 1.83. The minimum atomic E-state index is 0.596. The third kappa shape index (κ3) is 5.48. The molecule has 13 rings (SSSR count). The van der Waals surface area contributed by atoms with Crippen molar-refractivity contribution in [2.75, 3.05) is 0 Å². The van der Waals surface area contributed by atoms with E-state index in [-0.39, 0.29) is 0 Å². The summed E-state index contributed by atoms with van der Waals surface area (Å²) in [6.07, 6.45) is 0. The Labute approximate surface area is 361 Å². The van der Waals surface area contributed by atoms with Crippen molar-refractivity contribution in [2.24, 2.45) is 0 Å². The molecule has 294 valence electrons. The summed E-state index contributed by atoms with van der Waals surface area (Å²) in [5.41, 5.74) is 13.1. The Balaban J connectivity index is 1.10. The molecule has 0 N–H and O–H groups in total. The molecule has 6 nitrogen and oxygen atoms in total. The highest BCUT2D eigenvalue weighted by Crippen LogP contribution is 2.45. The van der Waals surface area contributed by atoms with Crippen molar-refractivity contribution in [2.45, 2.75) is 0 Å². The summed E-state index contributed by atoms with van der Waals surface area (Å²) in [6, 6.07) is 74.3. The van der Waals surface area contributed by atoms with E-state index in [1.807, 2.05) is 60.7 Å². The predicted octanol–water partition coefficient (Wildman–Crippen LogP) is 14.6. The van der Waals surface area contributed by atoms with E-state index in [1.54, 1.807) is 0 Å². The van der Waals surface area contributed by atoms with Crippen molar-refractivity contribution < 1.29 is 4.42 Å². The Morgan fingerprint density at radius 1 is 0.349 bits per heavy atom. The number of rotatable bonds is 6. The van der Waals surface area contributed by atoms with E-state index in [0.29, 0.717) is 17.5 Å². The molecular formula is C57H35N5O. The van der Waals surface area contributed by atoms with Gasteiger partial charge in [0.05, 0.1) is 33.1 Å². The predicted molar refractivity (Wildman–Crippen MR) is 258 cm³/mol. The van der Waals surface area contributed by atoms with Gasteiger partial charge in [-0.2, -0.15) is 0 Å². The number of hydrogen-bond acceptors (Lipinski definition) is 4. The second-order valence-corrected chi connectivity index (χ2v) is 16.0. The van der Waals surface area contributed by atoms with Crippen molar-refractivity contribution in [1.29, 1.82) is 0 Å². The zero-order valence-electron chi connectivity index (χ0n) is 33.9. The first-order valence-electron chi connectivity index (χ1n) is 21.2. The number of nitrogens with zero attached hydrogens (tertiary/aromatic N) is 5. The lowest BCUT2D eigenvalue weighted by atomic mass is 10.0. The fourth-order valence-electron chi connectivity index (χ4n) is 9.58. The second-order valence-electron chi connectivity index (χ2n) is 16.0. The summed E-state index contributed by atoms with van der Waals surface area (Å²) in [6.45, 7) is 0. The van der Waals surface area contributed by atoms with Crippen LogP contribution in [0.25, 0.3) is 122 Å². The SMILES string of the molecule is c1ccc(-c2ccc3c(c2)c2ccccc2n3-c2cccc3oc4c(ccc5c6cccc(-c7nc(-c8ccccc8)nc(-c8ccccc8)n7)c6n(-c6ccccc6)c54)c23)cc1. The van der Waals surface area contributed by atoms with Crippen LogP contribution in [0.2, 0.25) is 0 Å². The first-order valence-corrected chi connectivity index (χ1v) is 21.2. The van der Waals surface area contributed by atoms with Crippen LogP contribution in [-0.4, -0.2) is 24.1 Å². The van der Waals surface area contributed by atoms with Gasteiger partial charge in [0, 0.05) is 49.3 Å². The fraction of sp³-hybridized carbons (Fsp3) is 0. The van der Waals surface area contributed by atoms with Gasteiger partial charge in [-0.1, -0.05) is 158 Å². The molecule has 6 heteroatoms. The largest absolute Gasteiger partial charge is 0.454 e. The summed E-state index contributed by atoms with van der Waals surface area (Å²) in [4.78, 5) is 15.4. The van der Waals surface area contributed by atoms with Crippen molar-refractivity contribution in [3.8, 4) is 56.7 Å². The lowest BCUT2D eigenvalue weighted by molar-refractivity contribution is 0.671. The zero-order valence-corrected chi connectivity index (χ0v) is 33.9. The van der Waals surface area contributed by atoms with Crippen LogP contribution in [0.3, 0.4) is 0 Å². The van der Waals surface area contributed by atoms with Crippen LogP contribution < -0.4 is 0 Å². The number of furan rings is 1. The molecular weight excluding hydrogens is 771 g/mol. The van der Waals surface area contributed by atoms with Crippen LogP contribution in [0.15, 0.2) is 217 Å². The van der Waals surface area contributed by atoms with Crippen molar-refractivity contribution in [3.63, 3.8) is 0 Å². The maximum absolute atomic E-state index is 7.12. The smallest absolute Gasteiger partial charge is 0.166 e. The summed E-state index contributed by atoms with van der Waals surface area (Å²) < 4.78 is 11.9. The van der Waals surface area contributed by atoms with E-state index in [1.165, 1.54) is 21.9 Å². The van der Waals surface area contributed by atoms with E-state index in [9.17, 15) is 0 Å². The van der Waals surface area contributed by atoms with Crippen LogP contribution in [0.5, 0.6) is 0 Å². The topological polar surface area (TPSA) is 61.7 Å². The molecule has 0 spiro atoms. The average Bonchev–Trinajstić information content (AvgIpc) is 4.03. The minimum Gasteiger partial charge on any atom is -0.454 e. The Morgan fingerprint density at radius 2 is 0.921 bits per heavy atom. The van der Waals surface area contributed by atoms with Crippen molar-refractivity contribution in [3.05, 3.63) is 212 Å². The Kier molecular flexibility index (Phi) is 7.80. The van der Waals surface area contributed by atoms with Crippen LogP contribution in [0.4, 0.5) is 0 Å². The molecule has 0 aliphatic carbocycles. The molecule has 0 fully saturated rings. The second kappa shape index (κ2) is 14.0. The monoisotopic (exact) mass is 805 g/mol. The van der Waals surface area contributed by atoms with E-state index in [4.69, 9.17) is 19.4 Å². The Hall–Kier alpha value is -8.61. The Bertz CT molecular complexity index is 3830. The summed E-state index contributed by atoms with van der Waals surface area (Å²) in [5, 5.41) is 6.67. The van der Waals surface area contributed by atoms with Gasteiger partial charge in [-0.25, -0.2) is 15.0 Å². The van der Waals surface area contributed by atoms with Crippen molar-refractivity contribution >= 4 is 65.6 Å². The molecule has 4 aromatic heterocycles. The normalized spacial score (nSPS) is 11.8. The zero-order chi connectivity index (χ0) is 41.4. The first kappa shape index (κ1) is 35.2. The van der Waals surface area contributed by atoms with Crippen LogP contribution in [0, 0.1) is 0 Å². The summed E-state index contributed by atoms with van der Waals surface area (Å²) in [7, 11) is 0. The molecule has 0 unspecified atom stereocenters. The van der Waals surface area contributed by atoms with Crippen molar-refractivity contribution in [1.82, 2.24) is 24.1 Å². The molecule has 0 aliphatic heterocycles. The van der Waals surface area contributed by atoms with E-state index >= 15 is 0 Å². The molecule has 0 radical (unpaired) electrons. The maximum atomic E-state index is 7.12. The van der Waals surface area contributed by atoms with Gasteiger partial charge in [0.2, 0.25) is 0 Å². The maximum Gasteiger partial charge on any atom is 0.166 e. The number of fused-ring (bicyclic) bond motifs is 10. The van der Waals surface area contributed by atoms with Gasteiger partial charge in [-0.3, -0.25) is 0 Å². The Morgan fingerprint density at radius 3 is 1.65 bits per heavy atom. The van der Waals surface area contributed by atoms with Gasteiger partial charge < -0.3 is 13.6 Å². The number of aromatic nitrogens is 5. The van der Waals surface area contributed by atoms with Gasteiger partial charge in [0.25, 0.3) is 0 Å². The third-order valence-corrected chi connectivity index (χ3v) is 12.4. The molecule has 0 bridgehead atoms. The van der Waals surface area contributed by atoms with Crippen LogP contribution in [0.1, 0.15) is 0 Å². The highest BCUT2D eigenvalue weighted by molar-refractivity contribution is 6.24. The number of benzene rings is 9. The number of para-hydroxylation sites is 3. The van der Waals surface area contributed by atoms with Gasteiger partial charge >= 0.3 is 0 Å². The minimum absolute atomic E-state index is 0.596. The molecule has 4 heterocycles. The highest BCUT2D eigenvalue weighted by Gasteiger charge is 2.25. The van der Waals surface area contributed by atoms with E-state index in [2.05, 4.69) is 161 Å². The molecule has 0 aliphatic rings. The van der Waals surface area contributed by atoms with Crippen LogP contribution >= 0.6 is 0 Å². The van der Waals surface area contributed by atoms with E-state index in [0.717, 1.165) is 82.8 Å². The quantitative estimate of drug-likeness (QED) is 0.168. The van der Waals surface area contributed by atoms with Gasteiger partial charge in [-0.15, -0.1) is 0 Å². The lowest BCUT2D eigenvalue weighted by Crippen LogP contribution is -2.02. The standard InChI is InChI=1S/C57H35N5O/c1-5-17-36(18-6-1)39-31-34-48-46(35-39)41-25-13-14-28-47(41)62(48)49-29-16-30-50-51(49)44-33-32-43-42-26-15-27-45(52(42)61(53(43)54(44)63-50)40-23-11-4-12-24-40)57-59-55(37-19-7-2-8-20-37)58-56(60-57)38-21-9-3-10-22-38/h1-35H. The summed E-state index contributed by atoms with van der Waals surface area (Å²) >= 11 is 0. The average molecular weight is 806 g/mol. The first-order chi connectivity index (χ1) is 31.3. The molecule has 63 heavy (non-hydrogen) atoms. The number of hydrogen-bond donors (Lipinski definition) is 0. The van der Waals surface area contributed by atoms with E-state index < -0.39 is 0 Å². The fourth-order valence-corrected chi connectivity index (χ4v) is 9.58. The molecule has 0 saturated carbocycles. The molecule has 0 amide bonds. The van der Waals surface area contributed by atoms with Crippen LogP contribution in [-0.2, 0) is 0 Å². The van der Waals surface area contributed by atoms with Gasteiger partial charge in [-0.05, 0) is 65.7 Å². The molecule has 13 aromatic rings. The molecule has 9 aromatic carbocycles. The third-order valence-electron chi connectivity index (χ3n) is 12.4. The molecule has 0 saturated heterocycles. The van der Waals surface area contributed by atoms with Gasteiger partial charge in [0.1, 0.15) is 5.58 Å².